The van der Waals surface area contributed by atoms with E-state index in [1.54, 1.807) is 0 Å². The van der Waals surface area contributed by atoms with Crippen LogP contribution < -0.4 is 0 Å². The molecule has 0 fully saturated rings. The lowest BCUT2D eigenvalue weighted by Crippen LogP contribution is -1.78. The van der Waals surface area contributed by atoms with Crippen molar-refractivity contribution in [3.63, 3.8) is 0 Å². The molecule has 1 heteroatoms. The van der Waals surface area contributed by atoms with Crippen molar-refractivity contribution in [2.24, 2.45) is 0 Å². The molecule has 0 radical (unpaired) electrons. The zero-order chi connectivity index (χ0) is 9.52. The van der Waals surface area contributed by atoms with Crippen LogP contribution in [0, 0.1) is 0 Å². The Labute approximate surface area is 85.1 Å². The summed E-state index contributed by atoms with van der Waals surface area (Å²) in [5.74, 6) is 1.23. The standard InChI is InChI=1S/C12H16S/c1-3-5-10-13-12-8-6-11(4-2)7-9-12/h4,6-9H,2-3,5,10H2,1H3. The number of unbranched alkanes of at least 4 members (excludes halogenated alkanes) is 1. The quantitative estimate of drug-likeness (QED) is 0.497. The lowest BCUT2D eigenvalue weighted by molar-refractivity contribution is 0.896. The summed E-state index contributed by atoms with van der Waals surface area (Å²) in [6, 6.07) is 8.55. The maximum absolute atomic E-state index is 3.73. The van der Waals surface area contributed by atoms with E-state index in [2.05, 4.69) is 37.8 Å². The van der Waals surface area contributed by atoms with E-state index in [9.17, 15) is 0 Å². The Morgan fingerprint density at radius 2 is 2.00 bits per heavy atom. The summed E-state index contributed by atoms with van der Waals surface area (Å²) in [6.07, 6.45) is 4.45. The van der Waals surface area contributed by atoms with Crippen molar-refractivity contribution in [1.29, 1.82) is 0 Å². The molecule has 0 saturated heterocycles. The second kappa shape index (κ2) is 5.87. The molecule has 0 unspecified atom stereocenters. The minimum atomic E-state index is 1.19. The molecule has 70 valence electrons. The molecular weight excluding hydrogens is 176 g/mol. The van der Waals surface area contributed by atoms with E-state index in [0.717, 1.165) is 0 Å². The van der Waals surface area contributed by atoms with Crippen molar-refractivity contribution in [3.8, 4) is 0 Å². The van der Waals surface area contributed by atoms with Crippen LogP contribution in [0.25, 0.3) is 6.08 Å². The molecule has 0 N–H and O–H groups in total. The summed E-state index contributed by atoms with van der Waals surface area (Å²) < 4.78 is 0. The second-order valence-electron chi connectivity index (χ2n) is 2.98. The van der Waals surface area contributed by atoms with E-state index in [1.807, 2.05) is 17.8 Å². The van der Waals surface area contributed by atoms with Crippen LogP contribution in [0.3, 0.4) is 0 Å². The van der Waals surface area contributed by atoms with Crippen molar-refractivity contribution in [1.82, 2.24) is 0 Å². The third kappa shape index (κ3) is 3.69. The first-order chi connectivity index (χ1) is 6.36. The molecule has 0 amide bonds. The molecule has 0 aliphatic rings. The topological polar surface area (TPSA) is 0 Å². The Kier molecular flexibility index (Phi) is 4.69. The van der Waals surface area contributed by atoms with Gasteiger partial charge in [-0.1, -0.05) is 38.1 Å². The zero-order valence-electron chi connectivity index (χ0n) is 8.12. The highest BCUT2D eigenvalue weighted by molar-refractivity contribution is 7.99. The highest BCUT2D eigenvalue weighted by Gasteiger charge is 1.92. The van der Waals surface area contributed by atoms with Gasteiger partial charge in [0.15, 0.2) is 0 Å². The van der Waals surface area contributed by atoms with Gasteiger partial charge >= 0.3 is 0 Å². The second-order valence-corrected chi connectivity index (χ2v) is 4.14. The zero-order valence-corrected chi connectivity index (χ0v) is 8.94. The Bertz CT molecular complexity index is 248. The van der Waals surface area contributed by atoms with Gasteiger partial charge in [0.2, 0.25) is 0 Å². The highest BCUT2D eigenvalue weighted by Crippen LogP contribution is 2.19. The Balaban J connectivity index is 2.44. The lowest BCUT2D eigenvalue weighted by atomic mass is 10.2. The molecule has 0 bridgehead atoms. The molecule has 0 aromatic heterocycles. The van der Waals surface area contributed by atoms with Crippen molar-refractivity contribution in [3.05, 3.63) is 36.4 Å². The molecule has 1 aromatic carbocycles. The van der Waals surface area contributed by atoms with E-state index < -0.39 is 0 Å². The van der Waals surface area contributed by atoms with Gasteiger partial charge in [0.1, 0.15) is 0 Å². The average molecular weight is 192 g/mol. The van der Waals surface area contributed by atoms with E-state index >= 15 is 0 Å². The molecule has 0 aliphatic heterocycles. The summed E-state index contributed by atoms with van der Waals surface area (Å²) in [5.41, 5.74) is 1.19. The van der Waals surface area contributed by atoms with Gasteiger partial charge in [0, 0.05) is 4.90 Å². The van der Waals surface area contributed by atoms with Crippen LogP contribution in [-0.4, -0.2) is 5.75 Å². The fraction of sp³-hybridized carbons (Fsp3) is 0.333. The lowest BCUT2D eigenvalue weighted by Gasteiger charge is -2.00. The third-order valence-corrected chi connectivity index (χ3v) is 2.98. The maximum atomic E-state index is 3.73. The monoisotopic (exact) mass is 192 g/mol. The summed E-state index contributed by atoms with van der Waals surface area (Å²) >= 11 is 1.93. The summed E-state index contributed by atoms with van der Waals surface area (Å²) in [6.45, 7) is 5.95. The summed E-state index contributed by atoms with van der Waals surface area (Å²) in [7, 11) is 0. The summed E-state index contributed by atoms with van der Waals surface area (Å²) in [5, 5.41) is 0. The van der Waals surface area contributed by atoms with Gasteiger partial charge in [0.05, 0.1) is 0 Å². The van der Waals surface area contributed by atoms with Crippen molar-refractivity contribution >= 4 is 17.8 Å². The fourth-order valence-corrected chi connectivity index (χ4v) is 2.03. The van der Waals surface area contributed by atoms with Crippen LogP contribution in [0.1, 0.15) is 25.3 Å². The van der Waals surface area contributed by atoms with Gasteiger partial charge < -0.3 is 0 Å². The van der Waals surface area contributed by atoms with Crippen molar-refractivity contribution in [2.75, 3.05) is 5.75 Å². The number of rotatable bonds is 5. The molecule has 0 aliphatic carbocycles. The first-order valence-corrected chi connectivity index (χ1v) is 5.70. The van der Waals surface area contributed by atoms with Gasteiger partial charge in [-0.2, -0.15) is 0 Å². The van der Waals surface area contributed by atoms with Gasteiger partial charge in [-0.15, -0.1) is 11.8 Å². The molecule has 1 rings (SSSR count). The number of benzene rings is 1. The number of hydrogen-bond donors (Lipinski definition) is 0. The van der Waals surface area contributed by atoms with Crippen LogP contribution in [-0.2, 0) is 0 Å². The molecule has 0 saturated carbocycles. The Morgan fingerprint density at radius 3 is 2.54 bits per heavy atom. The van der Waals surface area contributed by atoms with E-state index in [-0.39, 0.29) is 0 Å². The van der Waals surface area contributed by atoms with E-state index in [4.69, 9.17) is 0 Å². The summed E-state index contributed by atoms with van der Waals surface area (Å²) in [4.78, 5) is 1.36. The van der Waals surface area contributed by atoms with Crippen LogP contribution in [0.15, 0.2) is 35.7 Å². The van der Waals surface area contributed by atoms with Crippen LogP contribution in [0.5, 0.6) is 0 Å². The van der Waals surface area contributed by atoms with E-state index in [1.165, 1.54) is 29.1 Å². The minimum Gasteiger partial charge on any atom is -0.126 e. The van der Waals surface area contributed by atoms with Gasteiger partial charge in [-0.3, -0.25) is 0 Å². The molecule has 0 heterocycles. The van der Waals surface area contributed by atoms with Gasteiger partial charge in [-0.05, 0) is 29.9 Å². The smallest absolute Gasteiger partial charge is 0.00723 e. The Morgan fingerprint density at radius 1 is 1.31 bits per heavy atom. The van der Waals surface area contributed by atoms with E-state index in [0.29, 0.717) is 0 Å². The fourth-order valence-electron chi connectivity index (χ4n) is 1.03. The van der Waals surface area contributed by atoms with Gasteiger partial charge in [0.25, 0.3) is 0 Å². The third-order valence-electron chi connectivity index (χ3n) is 1.88. The average Bonchev–Trinajstić information content (AvgIpc) is 2.19. The molecule has 0 atom stereocenters. The first kappa shape index (κ1) is 10.4. The van der Waals surface area contributed by atoms with Crippen LogP contribution in [0.2, 0.25) is 0 Å². The van der Waals surface area contributed by atoms with Crippen molar-refractivity contribution in [2.45, 2.75) is 24.7 Å². The van der Waals surface area contributed by atoms with Crippen LogP contribution in [0.4, 0.5) is 0 Å². The highest BCUT2D eigenvalue weighted by atomic mass is 32.2. The largest absolute Gasteiger partial charge is 0.126 e. The molecule has 1 aromatic rings. The normalized spacial score (nSPS) is 9.92. The number of thioether (sulfide) groups is 1. The van der Waals surface area contributed by atoms with Gasteiger partial charge in [-0.25, -0.2) is 0 Å². The molecule has 0 spiro atoms. The first-order valence-electron chi connectivity index (χ1n) is 4.72. The predicted molar refractivity (Wildman–Crippen MR) is 62.2 cm³/mol. The van der Waals surface area contributed by atoms with Crippen LogP contribution >= 0.6 is 11.8 Å². The molecular formula is C12H16S. The molecule has 13 heavy (non-hydrogen) atoms. The maximum Gasteiger partial charge on any atom is 0.00723 e. The molecule has 0 nitrogen and oxygen atoms in total. The minimum absolute atomic E-state index is 1.19. The SMILES string of the molecule is C=Cc1ccc(SCCCC)cc1. The predicted octanol–water partition coefficient (Wildman–Crippen LogP) is 4.22. The van der Waals surface area contributed by atoms with Crippen molar-refractivity contribution < 1.29 is 0 Å². The Hall–Kier alpha value is -0.690. The number of hydrogen-bond acceptors (Lipinski definition) is 1.